The highest BCUT2D eigenvalue weighted by atomic mass is 16.2. The largest absolute Gasteiger partial charge is 0.383 e. The molecular formula is C42H80N4O2. The number of nitrogen functional groups attached to an aromatic ring is 1. The topological polar surface area (TPSA) is 81.2 Å². The van der Waals surface area contributed by atoms with Crippen LogP contribution in [0.4, 0.5) is 5.82 Å². The van der Waals surface area contributed by atoms with Crippen LogP contribution in [0.3, 0.4) is 0 Å². The van der Waals surface area contributed by atoms with Gasteiger partial charge in [-0.05, 0) is 18.9 Å². The van der Waals surface area contributed by atoms with E-state index in [1.54, 1.807) is 12.3 Å². The lowest BCUT2D eigenvalue weighted by Crippen LogP contribution is -2.38. The van der Waals surface area contributed by atoms with Crippen LogP contribution in [0.25, 0.3) is 0 Å². The van der Waals surface area contributed by atoms with E-state index in [9.17, 15) is 9.59 Å². The molecule has 0 saturated heterocycles. The zero-order valence-electron chi connectivity index (χ0n) is 32.1. The maximum absolute atomic E-state index is 13.2. The molecule has 0 aliphatic heterocycles. The van der Waals surface area contributed by atoms with Gasteiger partial charge in [-0.2, -0.15) is 4.98 Å². The monoisotopic (exact) mass is 673 g/mol. The van der Waals surface area contributed by atoms with Crippen LogP contribution in [0.15, 0.2) is 17.1 Å². The average molecular weight is 673 g/mol. The lowest BCUT2D eigenvalue weighted by atomic mass is 10.0. The van der Waals surface area contributed by atoms with Crippen molar-refractivity contribution >= 4 is 11.7 Å². The van der Waals surface area contributed by atoms with Gasteiger partial charge in [-0.15, -0.1) is 0 Å². The normalized spacial score (nSPS) is 11.4. The van der Waals surface area contributed by atoms with Crippen LogP contribution in [0.1, 0.15) is 219 Å². The number of nitrogens with two attached hydrogens (primary N) is 1. The SMILES string of the molecule is CCCCCCCCCCCCCCCCCCN(CCCCCCCCCCCCCCCCCC)C(=O)Cn1ccc(N)nc1=O. The van der Waals surface area contributed by atoms with Crippen LogP contribution in [-0.4, -0.2) is 33.4 Å². The maximum atomic E-state index is 13.2. The third-order valence-electron chi connectivity index (χ3n) is 10.1. The minimum Gasteiger partial charge on any atom is -0.383 e. The summed E-state index contributed by atoms with van der Waals surface area (Å²) in [6.45, 7) is 6.19. The van der Waals surface area contributed by atoms with Crippen molar-refractivity contribution in [3.05, 3.63) is 22.7 Å². The van der Waals surface area contributed by atoms with Gasteiger partial charge in [0.1, 0.15) is 12.4 Å². The first-order valence-electron chi connectivity index (χ1n) is 21.2. The number of carbonyl (C=O) groups excluding carboxylic acids is 1. The molecule has 0 atom stereocenters. The Labute approximate surface area is 297 Å². The standard InChI is InChI=1S/C42H80N4O2/c1-3-5-7-9-11-13-15-17-19-21-23-25-27-29-31-33-36-45(41(47)39-46-38-35-40(43)44-42(46)48)37-34-32-30-28-26-24-22-20-18-16-14-12-10-8-6-4-2/h35,38H,3-34,36-37,39H2,1-2H3,(H2,43,44,48). The molecule has 0 unspecified atom stereocenters. The minimum atomic E-state index is -0.451. The highest BCUT2D eigenvalue weighted by molar-refractivity contribution is 5.76. The molecule has 0 aliphatic carbocycles. The molecule has 2 N–H and O–H groups in total. The average Bonchev–Trinajstić information content (AvgIpc) is 3.08. The van der Waals surface area contributed by atoms with Crippen LogP contribution in [0, 0.1) is 0 Å². The van der Waals surface area contributed by atoms with Gasteiger partial charge < -0.3 is 10.6 Å². The first-order valence-corrected chi connectivity index (χ1v) is 21.2. The summed E-state index contributed by atoms with van der Waals surface area (Å²) < 4.78 is 1.38. The van der Waals surface area contributed by atoms with Gasteiger partial charge in [0.2, 0.25) is 5.91 Å². The van der Waals surface area contributed by atoms with Crippen molar-refractivity contribution < 1.29 is 4.79 Å². The number of carbonyl (C=O) groups is 1. The number of anilines is 1. The van der Waals surface area contributed by atoms with E-state index in [2.05, 4.69) is 18.8 Å². The Balaban J connectivity index is 2.17. The molecule has 1 aromatic rings. The summed E-state index contributed by atoms with van der Waals surface area (Å²) >= 11 is 0. The van der Waals surface area contributed by atoms with Crippen LogP contribution < -0.4 is 11.4 Å². The summed E-state index contributed by atoms with van der Waals surface area (Å²) in [6.07, 6.45) is 44.7. The molecule has 1 rings (SSSR count). The van der Waals surface area contributed by atoms with Crippen molar-refractivity contribution in [1.29, 1.82) is 0 Å². The van der Waals surface area contributed by atoms with E-state index in [4.69, 9.17) is 5.73 Å². The third kappa shape index (κ3) is 27.0. The molecule has 1 aromatic heterocycles. The van der Waals surface area contributed by atoms with Crippen molar-refractivity contribution in [2.24, 2.45) is 0 Å². The second-order valence-electron chi connectivity index (χ2n) is 14.8. The summed E-state index contributed by atoms with van der Waals surface area (Å²) in [5, 5.41) is 0. The first kappa shape index (κ1) is 44.2. The Kier molecular flexibility index (Phi) is 31.0. The fraction of sp³-hybridized carbons (Fsp3) is 0.881. The summed E-state index contributed by atoms with van der Waals surface area (Å²) in [5.41, 5.74) is 5.20. The van der Waals surface area contributed by atoms with Crippen molar-refractivity contribution in [2.75, 3.05) is 18.8 Å². The Hall–Kier alpha value is -1.85. The van der Waals surface area contributed by atoms with Crippen molar-refractivity contribution in [2.45, 2.75) is 226 Å². The maximum Gasteiger partial charge on any atom is 0.349 e. The lowest BCUT2D eigenvalue weighted by Gasteiger charge is -2.23. The van der Waals surface area contributed by atoms with Gasteiger partial charge in [-0.3, -0.25) is 9.36 Å². The molecule has 0 radical (unpaired) electrons. The lowest BCUT2D eigenvalue weighted by molar-refractivity contribution is -0.132. The molecule has 0 spiro atoms. The van der Waals surface area contributed by atoms with Crippen LogP contribution in [0.2, 0.25) is 0 Å². The summed E-state index contributed by atoms with van der Waals surface area (Å²) in [6, 6.07) is 1.59. The molecule has 1 heterocycles. The van der Waals surface area contributed by atoms with Crippen LogP contribution in [0.5, 0.6) is 0 Å². The molecule has 0 bridgehead atoms. The molecular weight excluding hydrogens is 592 g/mol. The third-order valence-corrected chi connectivity index (χ3v) is 10.1. The molecule has 6 nitrogen and oxygen atoms in total. The van der Waals surface area contributed by atoms with E-state index in [0.717, 1.165) is 25.9 Å². The molecule has 6 heteroatoms. The molecule has 1 amide bonds. The van der Waals surface area contributed by atoms with Gasteiger partial charge in [0.25, 0.3) is 0 Å². The van der Waals surface area contributed by atoms with Gasteiger partial charge in [0.15, 0.2) is 0 Å². The first-order chi connectivity index (χ1) is 23.6. The fourth-order valence-corrected chi connectivity index (χ4v) is 6.87. The molecule has 0 saturated carbocycles. The smallest absolute Gasteiger partial charge is 0.349 e. The second kappa shape index (κ2) is 33.6. The highest BCUT2D eigenvalue weighted by Gasteiger charge is 2.15. The number of hydrogen-bond acceptors (Lipinski definition) is 4. The number of nitrogens with zero attached hydrogens (tertiary/aromatic N) is 3. The number of unbranched alkanes of at least 4 members (excludes halogenated alkanes) is 30. The minimum absolute atomic E-state index is 0.0191. The summed E-state index contributed by atoms with van der Waals surface area (Å²) in [7, 11) is 0. The molecule has 0 aliphatic rings. The predicted octanol–water partition coefficient (Wildman–Crippen LogP) is 12.2. The highest BCUT2D eigenvalue weighted by Crippen LogP contribution is 2.16. The van der Waals surface area contributed by atoms with E-state index in [1.165, 1.54) is 197 Å². The van der Waals surface area contributed by atoms with Gasteiger partial charge in [0, 0.05) is 19.3 Å². The Morgan fingerprint density at radius 2 is 0.833 bits per heavy atom. The number of rotatable bonds is 36. The van der Waals surface area contributed by atoms with Gasteiger partial charge in [0.05, 0.1) is 0 Å². The van der Waals surface area contributed by atoms with E-state index in [0.29, 0.717) is 0 Å². The summed E-state index contributed by atoms with van der Waals surface area (Å²) in [5.74, 6) is 0.215. The summed E-state index contributed by atoms with van der Waals surface area (Å²) in [4.78, 5) is 31.3. The Morgan fingerprint density at radius 3 is 1.12 bits per heavy atom. The predicted molar refractivity (Wildman–Crippen MR) is 209 cm³/mol. The van der Waals surface area contributed by atoms with Gasteiger partial charge in [-0.25, -0.2) is 4.79 Å². The molecule has 48 heavy (non-hydrogen) atoms. The molecule has 280 valence electrons. The van der Waals surface area contributed by atoms with E-state index < -0.39 is 5.69 Å². The number of amides is 1. The van der Waals surface area contributed by atoms with Crippen LogP contribution in [-0.2, 0) is 11.3 Å². The molecule has 0 fully saturated rings. The van der Waals surface area contributed by atoms with E-state index >= 15 is 0 Å². The van der Waals surface area contributed by atoms with Gasteiger partial charge >= 0.3 is 5.69 Å². The van der Waals surface area contributed by atoms with Gasteiger partial charge in [-0.1, -0.05) is 206 Å². The Bertz CT molecular complexity index is 866. The zero-order chi connectivity index (χ0) is 34.8. The molecule has 0 aromatic carbocycles. The number of aromatic nitrogens is 2. The second-order valence-corrected chi connectivity index (χ2v) is 14.8. The van der Waals surface area contributed by atoms with E-state index in [-0.39, 0.29) is 18.3 Å². The Morgan fingerprint density at radius 1 is 0.542 bits per heavy atom. The van der Waals surface area contributed by atoms with Crippen molar-refractivity contribution in [3.63, 3.8) is 0 Å². The fourth-order valence-electron chi connectivity index (χ4n) is 6.87. The quantitative estimate of drug-likeness (QED) is 0.0719. The zero-order valence-corrected chi connectivity index (χ0v) is 32.1. The van der Waals surface area contributed by atoms with Crippen molar-refractivity contribution in [3.8, 4) is 0 Å². The number of hydrogen-bond donors (Lipinski definition) is 1. The van der Waals surface area contributed by atoms with Crippen LogP contribution >= 0.6 is 0 Å². The van der Waals surface area contributed by atoms with Crippen molar-refractivity contribution in [1.82, 2.24) is 14.5 Å². The van der Waals surface area contributed by atoms with E-state index in [1.807, 2.05) is 4.90 Å².